The monoisotopic (exact) mass is 382 g/mol. The molecule has 1 N–H and O–H groups in total. The minimum Gasteiger partial charge on any atom is -0.488 e. The number of halogens is 2. The van der Waals surface area contributed by atoms with E-state index < -0.39 is 11.9 Å². The predicted octanol–water partition coefficient (Wildman–Crippen LogP) is 2.52. The van der Waals surface area contributed by atoms with E-state index in [1.165, 1.54) is 4.90 Å². The van der Waals surface area contributed by atoms with Crippen LogP contribution in [0.1, 0.15) is 18.1 Å². The average Bonchev–Trinajstić information content (AvgIpc) is 2.71. The number of amides is 1. The van der Waals surface area contributed by atoms with Crippen LogP contribution in [0.15, 0.2) is 10.5 Å². The van der Waals surface area contributed by atoms with Gasteiger partial charge in [-0.05, 0) is 28.9 Å². The minimum absolute atomic E-state index is 0.0777. The smallest absolute Gasteiger partial charge is 0.407 e. The number of rotatable bonds is 0. The normalized spacial score (nSPS) is 20.5. The molecule has 0 unspecified atom stereocenters. The topological polar surface area (TPSA) is 53.0 Å². The van der Waals surface area contributed by atoms with Crippen LogP contribution < -0.4 is 4.74 Å². The summed E-state index contributed by atoms with van der Waals surface area (Å²) >= 11 is 3.23. The molecule has 1 amide bonds. The van der Waals surface area contributed by atoms with Crippen LogP contribution in [0, 0.1) is 17.7 Å². The minimum atomic E-state index is -0.930. The molecule has 5 nitrogen and oxygen atoms in total. The Labute approximate surface area is 142 Å². The Morgan fingerprint density at radius 2 is 2.30 bits per heavy atom. The lowest BCUT2D eigenvalue weighted by Crippen LogP contribution is -2.55. The molecule has 1 fully saturated rings. The van der Waals surface area contributed by atoms with Crippen molar-refractivity contribution in [3.05, 3.63) is 27.5 Å². The lowest BCUT2D eigenvalue weighted by atomic mass is 10.1. The lowest BCUT2D eigenvalue weighted by Gasteiger charge is -2.38. The molecule has 23 heavy (non-hydrogen) atoms. The Balaban J connectivity index is 1.92. The number of carboxylic acid groups (broad SMARTS) is 1. The molecular formula is C16H16BrFN2O3. The van der Waals surface area contributed by atoms with E-state index >= 15 is 0 Å². The maximum Gasteiger partial charge on any atom is 0.407 e. The second-order valence-corrected chi connectivity index (χ2v) is 6.37. The number of ether oxygens (including phenoxy) is 1. The third kappa shape index (κ3) is 3.01. The fourth-order valence-electron chi connectivity index (χ4n) is 2.99. The van der Waals surface area contributed by atoms with Gasteiger partial charge >= 0.3 is 6.09 Å². The first-order chi connectivity index (χ1) is 11.0. The summed E-state index contributed by atoms with van der Waals surface area (Å²) < 4.78 is 20.5. The zero-order valence-corrected chi connectivity index (χ0v) is 14.2. The number of carbonyl (C=O) groups is 1. The SMILES string of the molecule is CC#Cc1cc2c(c(F)c1Br)OC[C@H]1CN(C(=O)O)CCN1C2. The largest absolute Gasteiger partial charge is 0.488 e. The van der Waals surface area contributed by atoms with E-state index in [2.05, 4.69) is 32.7 Å². The van der Waals surface area contributed by atoms with Gasteiger partial charge in [0, 0.05) is 37.3 Å². The van der Waals surface area contributed by atoms with E-state index in [9.17, 15) is 9.18 Å². The summed E-state index contributed by atoms with van der Waals surface area (Å²) in [6.45, 7) is 3.91. The standard InChI is InChI=1S/C16H16BrFN2O3/c1-2-3-10-6-11-7-19-4-5-20(16(21)22)8-12(19)9-23-15(11)14(18)13(10)17/h6,12H,4-5,7-9H2,1H3,(H,21,22)/t12-/m1/s1. The maximum absolute atomic E-state index is 14.6. The molecule has 0 saturated carbocycles. The van der Waals surface area contributed by atoms with Crippen molar-refractivity contribution >= 4 is 22.0 Å². The van der Waals surface area contributed by atoms with E-state index in [0.717, 1.165) is 5.56 Å². The lowest BCUT2D eigenvalue weighted by molar-refractivity contribution is 0.0499. The summed E-state index contributed by atoms with van der Waals surface area (Å²) in [5.41, 5.74) is 1.34. The van der Waals surface area contributed by atoms with Crippen molar-refractivity contribution in [1.29, 1.82) is 0 Å². The van der Waals surface area contributed by atoms with Crippen LogP contribution in [0.4, 0.5) is 9.18 Å². The molecule has 0 radical (unpaired) electrons. The van der Waals surface area contributed by atoms with Gasteiger partial charge in [0.25, 0.3) is 0 Å². The zero-order valence-electron chi connectivity index (χ0n) is 12.6. The van der Waals surface area contributed by atoms with Gasteiger partial charge in [0.1, 0.15) is 6.61 Å². The average molecular weight is 383 g/mol. The highest BCUT2D eigenvalue weighted by atomic mass is 79.9. The molecule has 0 bridgehead atoms. The van der Waals surface area contributed by atoms with E-state index in [0.29, 0.717) is 36.2 Å². The molecule has 1 atom stereocenters. The molecule has 122 valence electrons. The number of benzene rings is 1. The Morgan fingerprint density at radius 3 is 3.00 bits per heavy atom. The van der Waals surface area contributed by atoms with E-state index in [1.54, 1.807) is 6.92 Å². The molecule has 0 spiro atoms. The zero-order chi connectivity index (χ0) is 16.6. The van der Waals surface area contributed by atoms with Gasteiger partial charge in [-0.3, -0.25) is 4.90 Å². The molecule has 0 aliphatic carbocycles. The summed E-state index contributed by atoms with van der Waals surface area (Å²) in [7, 11) is 0. The highest BCUT2D eigenvalue weighted by Crippen LogP contribution is 2.35. The van der Waals surface area contributed by atoms with E-state index in [-0.39, 0.29) is 18.4 Å². The molecule has 0 aromatic heterocycles. The van der Waals surface area contributed by atoms with Crippen molar-refractivity contribution in [2.75, 3.05) is 26.2 Å². The molecular weight excluding hydrogens is 367 g/mol. The second kappa shape index (κ2) is 6.38. The van der Waals surface area contributed by atoms with Crippen LogP contribution in [0.5, 0.6) is 5.75 Å². The van der Waals surface area contributed by atoms with Gasteiger partial charge in [0.05, 0.1) is 10.5 Å². The molecule has 2 aliphatic heterocycles. The fraction of sp³-hybridized carbons (Fsp3) is 0.438. The molecule has 2 aliphatic rings. The van der Waals surface area contributed by atoms with Gasteiger partial charge in [0.15, 0.2) is 11.6 Å². The summed E-state index contributed by atoms with van der Waals surface area (Å²) in [6, 6.07) is 1.76. The van der Waals surface area contributed by atoms with E-state index in [4.69, 9.17) is 9.84 Å². The molecule has 1 saturated heterocycles. The first kappa shape index (κ1) is 16.1. The molecule has 7 heteroatoms. The highest BCUT2D eigenvalue weighted by Gasteiger charge is 2.33. The number of fused-ring (bicyclic) bond motifs is 2. The van der Waals surface area contributed by atoms with Crippen molar-refractivity contribution < 1.29 is 19.0 Å². The van der Waals surface area contributed by atoms with Crippen molar-refractivity contribution in [3.63, 3.8) is 0 Å². The van der Waals surface area contributed by atoms with Crippen molar-refractivity contribution in [2.24, 2.45) is 0 Å². The van der Waals surface area contributed by atoms with Crippen molar-refractivity contribution in [1.82, 2.24) is 9.80 Å². The van der Waals surface area contributed by atoms with Crippen molar-refractivity contribution in [2.45, 2.75) is 19.5 Å². The van der Waals surface area contributed by atoms with Crippen LogP contribution in [0.2, 0.25) is 0 Å². The van der Waals surface area contributed by atoms with Crippen LogP contribution >= 0.6 is 15.9 Å². The summed E-state index contributed by atoms with van der Waals surface area (Å²) in [5.74, 6) is 5.44. The number of piperazine rings is 1. The molecule has 3 rings (SSSR count). The van der Waals surface area contributed by atoms with Crippen molar-refractivity contribution in [3.8, 4) is 17.6 Å². The third-order valence-corrected chi connectivity index (χ3v) is 4.94. The molecule has 1 aromatic rings. The first-order valence-corrected chi connectivity index (χ1v) is 8.09. The van der Waals surface area contributed by atoms with Crippen LogP contribution in [-0.2, 0) is 6.54 Å². The van der Waals surface area contributed by atoms with Gasteiger partial charge in [-0.25, -0.2) is 9.18 Å². The van der Waals surface area contributed by atoms with E-state index in [1.807, 2.05) is 6.07 Å². The predicted molar refractivity (Wildman–Crippen MR) is 85.9 cm³/mol. The third-order valence-electron chi connectivity index (χ3n) is 4.17. The molecule has 1 aromatic carbocycles. The Morgan fingerprint density at radius 1 is 1.52 bits per heavy atom. The molecule has 2 heterocycles. The Hall–Kier alpha value is -1.78. The number of hydrogen-bond donors (Lipinski definition) is 1. The van der Waals surface area contributed by atoms with Gasteiger partial charge in [-0.2, -0.15) is 0 Å². The van der Waals surface area contributed by atoms with Gasteiger partial charge in [-0.15, -0.1) is 5.92 Å². The summed E-state index contributed by atoms with van der Waals surface area (Å²) in [6.07, 6.45) is -0.930. The van der Waals surface area contributed by atoms with Crippen LogP contribution in [0.25, 0.3) is 0 Å². The van der Waals surface area contributed by atoms with Crippen LogP contribution in [-0.4, -0.2) is 53.3 Å². The quantitative estimate of drug-likeness (QED) is 0.700. The fourth-order valence-corrected chi connectivity index (χ4v) is 3.39. The van der Waals surface area contributed by atoms with Gasteiger partial charge in [-0.1, -0.05) is 5.92 Å². The number of hydrogen-bond acceptors (Lipinski definition) is 3. The first-order valence-electron chi connectivity index (χ1n) is 7.29. The summed E-state index contributed by atoms with van der Waals surface area (Å²) in [4.78, 5) is 14.6. The second-order valence-electron chi connectivity index (χ2n) is 5.58. The van der Waals surface area contributed by atoms with Gasteiger partial charge < -0.3 is 14.7 Å². The maximum atomic E-state index is 14.6. The highest BCUT2D eigenvalue weighted by molar-refractivity contribution is 9.10. The Kier molecular flexibility index (Phi) is 4.46. The number of nitrogens with zero attached hydrogens (tertiary/aromatic N) is 2. The Bertz CT molecular complexity index is 714. The van der Waals surface area contributed by atoms with Gasteiger partial charge in [0.2, 0.25) is 0 Å². The van der Waals surface area contributed by atoms with Crippen LogP contribution in [0.3, 0.4) is 0 Å². The summed E-state index contributed by atoms with van der Waals surface area (Å²) in [5, 5.41) is 9.13.